The summed E-state index contributed by atoms with van der Waals surface area (Å²) in [6, 6.07) is 6.35. The number of fused-ring (bicyclic) bond motifs is 1. The molecule has 0 aliphatic carbocycles. The summed E-state index contributed by atoms with van der Waals surface area (Å²) in [5.74, 6) is -0.670. The molecule has 1 N–H and O–H groups in total. The molecule has 0 saturated carbocycles. The quantitative estimate of drug-likeness (QED) is 0.431. The fraction of sp³-hybridized carbons (Fsp3) is 0.350. The van der Waals surface area contributed by atoms with Gasteiger partial charge >= 0.3 is 11.7 Å². The number of hydrogen-bond donors (Lipinski definition) is 1. The molecule has 3 rings (SSSR count). The van der Waals surface area contributed by atoms with Crippen LogP contribution in [0.15, 0.2) is 39.0 Å². The highest BCUT2D eigenvalue weighted by Gasteiger charge is 2.19. The van der Waals surface area contributed by atoms with Gasteiger partial charge in [-0.05, 0) is 30.7 Å². The Labute approximate surface area is 181 Å². The van der Waals surface area contributed by atoms with E-state index in [-0.39, 0.29) is 11.7 Å². The predicted molar refractivity (Wildman–Crippen MR) is 118 cm³/mol. The van der Waals surface area contributed by atoms with Crippen LogP contribution in [0, 0.1) is 0 Å². The van der Waals surface area contributed by atoms with E-state index < -0.39 is 17.2 Å². The lowest BCUT2D eigenvalue weighted by molar-refractivity contribution is -0.113. The number of nitrogens with one attached hydrogen (secondary N) is 1. The number of thioether (sulfide) groups is 1. The van der Waals surface area contributed by atoms with Crippen molar-refractivity contribution in [3.05, 3.63) is 50.7 Å². The normalized spacial score (nSPS) is 11.0. The van der Waals surface area contributed by atoms with Gasteiger partial charge in [0.25, 0.3) is 5.56 Å². The lowest BCUT2D eigenvalue weighted by Crippen LogP contribution is -2.37. The van der Waals surface area contributed by atoms with E-state index in [2.05, 4.69) is 15.0 Å². The maximum absolute atomic E-state index is 12.7. The van der Waals surface area contributed by atoms with Gasteiger partial charge in [0, 0.05) is 26.3 Å². The lowest BCUT2D eigenvalue weighted by atomic mass is 10.2. The van der Waals surface area contributed by atoms with Crippen LogP contribution in [0.5, 0.6) is 0 Å². The van der Waals surface area contributed by atoms with Gasteiger partial charge < -0.3 is 14.6 Å². The molecule has 3 aromatic rings. The van der Waals surface area contributed by atoms with Crippen LogP contribution in [0.2, 0.25) is 0 Å². The van der Waals surface area contributed by atoms with Crippen LogP contribution in [0.1, 0.15) is 23.7 Å². The Kier molecular flexibility index (Phi) is 6.64. The number of ether oxygens (including phenoxy) is 1. The minimum Gasteiger partial charge on any atom is -0.465 e. The van der Waals surface area contributed by atoms with Gasteiger partial charge in [0.05, 0.1) is 18.4 Å². The number of aryl methyl sites for hydroxylation is 2. The van der Waals surface area contributed by atoms with E-state index in [9.17, 15) is 19.2 Å². The molecule has 0 aliphatic heterocycles. The zero-order chi connectivity index (χ0) is 22.7. The van der Waals surface area contributed by atoms with Crippen molar-refractivity contribution in [2.24, 2.45) is 14.1 Å². The van der Waals surface area contributed by atoms with Crippen LogP contribution < -0.4 is 16.6 Å². The summed E-state index contributed by atoms with van der Waals surface area (Å²) in [6.45, 7) is 2.50. The highest BCUT2D eigenvalue weighted by atomic mass is 32.2. The molecule has 164 valence electrons. The van der Waals surface area contributed by atoms with E-state index in [0.29, 0.717) is 34.1 Å². The van der Waals surface area contributed by atoms with Crippen molar-refractivity contribution in [2.75, 3.05) is 18.2 Å². The van der Waals surface area contributed by atoms with Gasteiger partial charge in [-0.2, -0.15) is 0 Å². The van der Waals surface area contributed by atoms with E-state index in [1.165, 1.54) is 30.5 Å². The van der Waals surface area contributed by atoms with Crippen molar-refractivity contribution in [1.82, 2.24) is 18.7 Å². The van der Waals surface area contributed by atoms with Gasteiger partial charge in [-0.1, -0.05) is 18.7 Å². The molecule has 2 aromatic heterocycles. The molecule has 1 aromatic carbocycles. The number of nitrogens with zero attached hydrogens (tertiary/aromatic N) is 4. The first-order chi connectivity index (χ1) is 14.8. The number of benzene rings is 1. The smallest absolute Gasteiger partial charge is 0.337 e. The average Bonchev–Trinajstić information content (AvgIpc) is 3.13. The summed E-state index contributed by atoms with van der Waals surface area (Å²) in [5.41, 5.74) is 0.687. The highest BCUT2D eigenvalue weighted by molar-refractivity contribution is 7.99. The van der Waals surface area contributed by atoms with Crippen LogP contribution in [-0.2, 0) is 30.2 Å². The van der Waals surface area contributed by atoms with Crippen LogP contribution in [0.25, 0.3) is 11.2 Å². The van der Waals surface area contributed by atoms with Gasteiger partial charge in [0.15, 0.2) is 16.3 Å². The molecule has 0 saturated heterocycles. The molecule has 11 heteroatoms. The van der Waals surface area contributed by atoms with E-state index in [4.69, 9.17) is 0 Å². The first-order valence-corrected chi connectivity index (χ1v) is 10.5. The third kappa shape index (κ3) is 4.41. The van der Waals surface area contributed by atoms with Crippen molar-refractivity contribution in [3.63, 3.8) is 0 Å². The average molecular weight is 446 g/mol. The highest BCUT2D eigenvalue weighted by Crippen LogP contribution is 2.22. The molecule has 2 heterocycles. The van der Waals surface area contributed by atoms with Crippen molar-refractivity contribution >= 4 is 40.5 Å². The van der Waals surface area contributed by atoms with Gasteiger partial charge in [-0.25, -0.2) is 14.6 Å². The second kappa shape index (κ2) is 9.21. The fourth-order valence-corrected chi connectivity index (χ4v) is 3.92. The summed E-state index contributed by atoms with van der Waals surface area (Å²) in [5, 5.41) is 3.24. The van der Waals surface area contributed by atoms with E-state index >= 15 is 0 Å². The second-order valence-electron chi connectivity index (χ2n) is 6.83. The number of imidazole rings is 1. The monoisotopic (exact) mass is 445 g/mol. The maximum Gasteiger partial charge on any atom is 0.337 e. The number of amides is 1. The summed E-state index contributed by atoms with van der Waals surface area (Å²) in [6.07, 6.45) is 0.754. The largest absolute Gasteiger partial charge is 0.465 e. The van der Waals surface area contributed by atoms with E-state index in [1.807, 2.05) is 6.92 Å². The molecular formula is C20H23N5O5S. The standard InChI is InChI=1S/C20H23N5O5S/c1-5-10-25-15-16(23(2)20(29)24(3)17(15)27)22-19(25)31-11-14(26)21-13-8-6-12(7-9-13)18(28)30-4/h6-9H,5,10-11H2,1-4H3,(H,21,26). The van der Waals surface area contributed by atoms with Crippen molar-refractivity contribution in [2.45, 2.75) is 25.0 Å². The Balaban J connectivity index is 1.81. The zero-order valence-electron chi connectivity index (χ0n) is 17.7. The molecule has 10 nitrogen and oxygen atoms in total. The van der Waals surface area contributed by atoms with Crippen molar-refractivity contribution in [1.29, 1.82) is 0 Å². The number of carbonyl (C=O) groups is 2. The van der Waals surface area contributed by atoms with E-state index in [0.717, 1.165) is 11.0 Å². The summed E-state index contributed by atoms with van der Waals surface area (Å²) >= 11 is 1.18. The van der Waals surface area contributed by atoms with Crippen LogP contribution in [0.3, 0.4) is 0 Å². The van der Waals surface area contributed by atoms with Crippen LogP contribution in [0.4, 0.5) is 5.69 Å². The number of aromatic nitrogens is 4. The molecule has 31 heavy (non-hydrogen) atoms. The van der Waals surface area contributed by atoms with Gasteiger partial charge in [-0.15, -0.1) is 0 Å². The SMILES string of the molecule is CCCn1c(SCC(=O)Nc2ccc(C(=O)OC)cc2)nc2c1c(=O)n(C)c(=O)n2C. The van der Waals surface area contributed by atoms with Crippen LogP contribution in [-0.4, -0.2) is 43.4 Å². The third-order valence-electron chi connectivity index (χ3n) is 4.68. The molecule has 0 radical (unpaired) electrons. The number of carbonyl (C=O) groups excluding carboxylic acids is 2. The summed E-state index contributed by atoms with van der Waals surface area (Å²) < 4.78 is 8.78. The first kappa shape index (κ1) is 22.3. The minimum absolute atomic E-state index is 0.0556. The van der Waals surface area contributed by atoms with Gasteiger partial charge in [-0.3, -0.25) is 18.7 Å². The van der Waals surface area contributed by atoms with Crippen molar-refractivity contribution in [3.8, 4) is 0 Å². The fourth-order valence-electron chi connectivity index (χ4n) is 3.10. The minimum atomic E-state index is -0.455. The molecule has 0 atom stereocenters. The molecule has 0 unspecified atom stereocenters. The molecule has 0 spiro atoms. The van der Waals surface area contributed by atoms with Crippen molar-refractivity contribution < 1.29 is 14.3 Å². The number of anilines is 1. The molecule has 0 aliphatic rings. The van der Waals surface area contributed by atoms with Gasteiger partial charge in [0.1, 0.15) is 0 Å². The Hall–Kier alpha value is -3.34. The Morgan fingerprint density at radius 2 is 1.81 bits per heavy atom. The summed E-state index contributed by atoms with van der Waals surface area (Å²) in [4.78, 5) is 53.2. The maximum atomic E-state index is 12.7. The second-order valence-corrected chi connectivity index (χ2v) is 7.77. The van der Waals surface area contributed by atoms with Crippen LogP contribution >= 0.6 is 11.8 Å². The molecule has 0 fully saturated rings. The molecule has 1 amide bonds. The number of methoxy groups -OCH3 is 1. The third-order valence-corrected chi connectivity index (χ3v) is 5.66. The Bertz CT molecular complexity index is 1260. The topological polar surface area (TPSA) is 117 Å². The number of hydrogen-bond acceptors (Lipinski definition) is 7. The molecular weight excluding hydrogens is 422 g/mol. The Morgan fingerprint density at radius 3 is 2.42 bits per heavy atom. The molecule has 0 bridgehead atoms. The lowest BCUT2D eigenvalue weighted by Gasteiger charge is -2.08. The zero-order valence-corrected chi connectivity index (χ0v) is 18.5. The van der Waals surface area contributed by atoms with Gasteiger partial charge in [0.2, 0.25) is 5.91 Å². The number of esters is 1. The number of rotatable bonds is 7. The Morgan fingerprint density at radius 1 is 1.13 bits per heavy atom. The van der Waals surface area contributed by atoms with E-state index in [1.54, 1.807) is 35.9 Å². The first-order valence-electron chi connectivity index (χ1n) is 9.55. The predicted octanol–water partition coefficient (Wildman–Crippen LogP) is 1.36. The summed E-state index contributed by atoms with van der Waals surface area (Å²) in [7, 11) is 4.29.